The molecule has 0 radical (unpaired) electrons. The maximum atomic E-state index is 4.83. The standard InChI is InChI=1S/C18H19N5S/c1-4-14-11(2)15-16-20-12(3)22-23(16)18(21-17(15)24-14)19-10-13-8-6-5-7-9-13/h5-9H,4,10H2,1-3H3,(H,19,21). The molecule has 1 aromatic carbocycles. The minimum Gasteiger partial charge on any atom is -0.350 e. The van der Waals surface area contributed by atoms with Crippen LogP contribution in [-0.2, 0) is 13.0 Å². The Labute approximate surface area is 144 Å². The average molecular weight is 337 g/mol. The topological polar surface area (TPSA) is 55.1 Å². The molecule has 0 atom stereocenters. The Hall–Kier alpha value is -2.47. The van der Waals surface area contributed by atoms with E-state index in [1.54, 1.807) is 11.3 Å². The maximum absolute atomic E-state index is 4.83. The SMILES string of the molecule is CCc1sc2nc(NCc3ccccc3)n3nc(C)nc3c2c1C. The summed E-state index contributed by atoms with van der Waals surface area (Å²) in [4.78, 5) is 11.9. The number of nitrogens with zero attached hydrogens (tertiary/aromatic N) is 4. The summed E-state index contributed by atoms with van der Waals surface area (Å²) in [7, 11) is 0. The molecule has 4 rings (SSSR count). The van der Waals surface area contributed by atoms with Crippen LogP contribution in [0.1, 0.15) is 28.8 Å². The van der Waals surface area contributed by atoms with Gasteiger partial charge in [-0.25, -0.2) is 9.97 Å². The van der Waals surface area contributed by atoms with Gasteiger partial charge in [0.25, 0.3) is 0 Å². The highest BCUT2D eigenvalue weighted by Gasteiger charge is 2.17. The molecule has 0 unspecified atom stereocenters. The van der Waals surface area contributed by atoms with Crippen molar-refractivity contribution < 1.29 is 0 Å². The third-order valence-electron chi connectivity index (χ3n) is 4.19. The second-order valence-electron chi connectivity index (χ2n) is 5.85. The predicted molar refractivity (Wildman–Crippen MR) is 98.8 cm³/mol. The zero-order valence-electron chi connectivity index (χ0n) is 14.0. The van der Waals surface area contributed by atoms with E-state index in [1.165, 1.54) is 16.0 Å². The van der Waals surface area contributed by atoms with Gasteiger partial charge in [0.15, 0.2) is 5.65 Å². The summed E-state index contributed by atoms with van der Waals surface area (Å²) >= 11 is 1.75. The van der Waals surface area contributed by atoms with Crippen molar-refractivity contribution >= 4 is 33.1 Å². The van der Waals surface area contributed by atoms with E-state index in [9.17, 15) is 0 Å². The van der Waals surface area contributed by atoms with Gasteiger partial charge in [0.05, 0.1) is 5.39 Å². The molecule has 5 nitrogen and oxygen atoms in total. The fourth-order valence-corrected chi connectivity index (χ4v) is 4.09. The van der Waals surface area contributed by atoms with E-state index in [2.05, 4.69) is 41.4 Å². The second-order valence-corrected chi connectivity index (χ2v) is 6.94. The zero-order chi connectivity index (χ0) is 16.7. The number of nitrogens with one attached hydrogen (secondary N) is 1. The Kier molecular flexibility index (Phi) is 3.69. The van der Waals surface area contributed by atoms with Crippen molar-refractivity contribution in [2.75, 3.05) is 5.32 Å². The molecule has 3 heterocycles. The molecule has 0 aliphatic carbocycles. The van der Waals surface area contributed by atoms with Crippen molar-refractivity contribution in [2.45, 2.75) is 33.7 Å². The number of anilines is 1. The number of thiophene rings is 1. The Morgan fingerprint density at radius 1 is 1.12 bits per heavy atom. The largest absolute Gasteiger partial charge is 0.350 e. The first kappa shape index (κ1) is 15.1. The molecular formula is C18H19N5S. The number of fused-ring (bicyclic) bond motifs is 3. The normalized spacial score (nSPS) is 11.5. The van der Waals surface area contributed by atoms with Gasteiger partial charge in [-0.3, -0.25) is 0 Å². The highest BCUT2D eigenvalue weighted by Crippen LogP contribution is 2.33. The number of aryl methyl sites for hydroxylation is 3. The maximum Gasteiger partial charge on any atom is 0.227 e. The quantitative estimate of drug-likeness (QED) is 0.608. The minimum absolute atomic E-state index is 0.707. The van der Waals surface area contributed by atoms with E-state index in [-0.39, 0.29) is 0 Å². The summed E-state index contributed by atoms with van der Waals surface area (Å²) in [5.74, 6) is 1.50. The first-order valence-corrected chi connectivity index (χ1v) is 8.92. The third kappa shape index (κ3) is 2.43. The molecule has 0 bridgehead atoms. The Bertz CT molecular complexity index is 1020. The zero-order valence-corrected chi connectivity index (χ0v) is 14.8. The van der Waals surface area contributed by atoms with Crippen LogP contribution in [0.3, 0.4) is 0 Å². The summed E-state index contributed by atoms with van der Waals surface area (Å²) in [5.41, 5.74) is 3.37. The Balaban J connectivity index is 1.84. The summed E-state index contributed by atoms with van der Waals surface area (Å²) in [6, 6.07) is 10.3. The van der Waals surface area contributed by atoms with Crippen LogP contribution >= 0.6 is 11.3 Å². The molecule has 0 aliphatic heterocycles. The van der Waals surface area contributed by atoms with Gasteiger partial charge in [-0.2, -0.15) is 4.52 Å². The smallest absolute Gasteiger partial charge is 0.227 e. The number of hydrogen-bond acceptors (Lipinski definition) is 5. The van der Waals surface area contributed by atoms with Crippen LogP contribution < -0.4 is 5.32 Å². The molecule has 6 heteroatoms. The molecule has 4 aromatic rings. The molecule has 24 heavy (non-hydrogen) atoms. The molecule has 0 aliphatic rings. The highest BCUT2D eigenvalue weighted by atomic mass is 32.1. The van der Waals surface area contributed by atoms with Crippen molar-refractivity contribution in [3.8, 4) is 0 Å². The fraction of sp³-hybridized carbons (Fsp3) is 0.278. The summed E-state index contributed by atoms with van der Waals surface area (Å²) in [6.07, 6.45) is 1.01. The minimum atomic E-state index is 0.707. The molecule has 0 saturated carbocycles. The lowest BCUT2D eigenvalue weighted by Gasteiger charge is -2.08. The van der Waals surface area contributed by atoms with Crippen molar-refractivity contribution in [3.05, 3.63) is 52.2 Å². The van der Waals surface area contributed by atoms with Crippen molar-refractivity contribution in [2.24, 2.45) is 0 Å². The predicted octanol–water partition coefficient (Wildman–Crippen LogP) is 4.13. The fourth-order valence-electron chi connectivity index (χ4n) is 2.98. The van der Waals surface area contributed by atoms with Gasteiger partial charge in [0, 0.05) is 11.4 Å². The Morgan fingerprint density at radius 2 is 1.92 bits per heavy atom. The first-order chi connectivity index (χ1) is 11.7. The summed E-state index contributed by atoms with van der Waals surface area (Å²) in [5, 5.41) is 9.08. The molecule has 1 N–H and O–H groups in total. The number of benzene rings is 1. The molecule has 122 valence electrons. The molecule has 0 fully saturated rings. The van der Waals surface area contributed by atoms with Crippen LogP contribution in [-0.4, -0.2) is 19.6 Å². The van der Waals surface area contributed by atoms with E-state index in [1.807, 2.05) is 29.6 Å². The van der Waals surface area contributed by atoms with Crippen molar-refractivity contribution in [1.82, 2.24) is 19.6 Å². The van der Waals surface area contributed by atoms with Crippen LogP contribution in [0, 0.1) is 13.8 Å². The van der Waals surface area contributed by atoms with Crippen molar-refractivity contribution in [1.29, 1.82) is 0 Å². The van der Waals surface area contributed by atoms with Gasteiger partial charge in [0.2, 0.25) is 5.95 Å². The lowest BCUT2D eigenvalue weighted by Crippen LogP contribution is -2.07. The van der Waals surface area contributed by atoms with E-state index < -0.39 is 0 Å². The van der Waals surface area contributed by atoms with Crippen LogP contribution in [0.5, 0.6) is 0 Å². The number of aromatic nitrogens is 4. The highest BCUT2D eigenvalue weighted by molar-refractivity contribution is 7.19. The molecule has 0 spiro atoms. The van der Waals surface area contributed by atoms with Gasteiger partial charge < -0.3 is 5.32 Å². The van der Waals surface area contributed by atoms with Gasteiger partial charge in [-0.1, -0.05) is 37.3 Å². The first-order valence-electron chi connectivity index (χ1n) is 8.10. The van der Waals surface area contributed by atoms with Gasteiger partial charge in [-0.05, 0) is 31.4 Å². The monoisotopic (exact) mass is 337 g/mol. The van der Waals surface area contributed by atoms with Gasteiger partial charge in [-0.15, -0.1) is 16.4 Å². The van der Waals surface area contributed by atoms with E-state index in [0.717, 1.165) is 34.1 Å². The molecular weight excluding hydrogens is 318 g/mol. The molecule has 3 aromatic heterocycles. The second kappa shape index (κ2) is 5.87. The number of hydrogen-bond donors (Lipinski definition) is 1. The average Bonchev–Trinajstić information content (AvgIpc) is 3.13. The van der Waals surface area contributed by atoms with E-state index >= 15 is 0 Å². The Morgan fingerprint density at radius 3 is 2.67 bits per heavy atom. The van der Waals surface area contributed by atoms with Crippen LogP contribution in [0.4, 0.5) is 5.95 Å². The van der Waals surface area contributed by atoms with Crippen LogP contribution in [0.25, 0.3) is 15.9 Å². The van der Waals surface area contributed by atoms with Gasteiger partial charge >= 0.3 is 0 Å². The summed E-state index contributed by atoms with van der Waals surface area (Å²) in [6.45, 7) is 6.96. The summed E-state index contributed by atoms with van der Waals surface area (Å²) < 4.78 is 1.83. The lowest BCUT2D eigenvalue weighted by molar-refractivity contribution is 0.898. The molecule has 0 amide bonds. The third-order valence-corrected chi connectivity index (χ3v) is 5.52. The van der Waals surface area contributed by atoms with Crippen molar-refractivity contribution in [3.63, 3.8) is 0 Å². The number of rotatable bonds is 4. The molecule has 0 saturated heterocycles. The van der Waals surface area contributed by atoms with Gasteiger partial charge in [0.1, 0.15) is 10.7 Å². The lowest BCUT2D eigenvalue weighted by atomic mass is 10.2. The van der Waals surface area contributed by atoms with E-state index in [4.69, 9.17) is 4.98 Å². The van der Waals surface area contributed by atoms with Crippen LogP contribution in [0.2, 0.25) is 0 Å². The van der Waals surface area contributed by atoms with E-state index in [0.29, 0.717) is 6.54 Å². The van der Waals surface area contributed by atoms with Crippen LogP contribution in [0.15, 0.2) is 30.3 Å².